The van der Waals surface area contributed by atoms with Crippen molar-refractivity contribution in [2.24, 2.45) is 0 Å². The highest BCUT2D eigenvalue weighted by Crippen LogP contribution is 2.40. The summed E-state index contributed by atoms with van der Waals surface area (Å²) in [6.07, 6.45) is 0.763. The van der Waals surface area contributed by atoms with Gasteiger partial charge in [0.15, 0.2) is 0 Å². The van der Waals surface area contributed by atoms with Gasteiger partial charge in [-0.15, -0.1) is 0 Å². The largest absolute Gasteiger partial charge is 0.419 e. The van der Waals surface area contributed by atoms with Gasteiger partial charge in [0.1, 0.15) is 5.75 Å². The number of nitrogens with zero attached hydrogens (tertiary/aromatic N) is 2. The first-order chi connectivity index (χ1) is 9.46. The maximum Gasteiger partial charge on any atom is 0.419 e. The molecule has 0 atom stereocenters. The van der Waals surface area contributed by atoms with Crippen molar-refractivity contribution in [2.45, 2.75) is 59.3 Å². The Kier molecular flexibility index (Phi) is 4.75. The van der Waals surface area contributed by atoms with Crippen LogP contribution in [0.25, 0.3) is 5.53 Å². The average molecular weight is 288 g/mol. The Morgan fingerprint density at radius 1 is 1.10 bits per heavy atom. The number of rotatable bonds is 2. The fourth-order valence-electron chi connectivity index (χ4n) is 2.17. The number of carbonyl (C=O) groups is 1. The maximum absolute atomic E-state index is 11.7. The fraction of sp³-hybridized carbons (Fsp3) is 0.529. The molecule has 0 saturated carbocycles. The Labute approximate surface area is 126 Å². The third-order valence-electron chi connectivity index (χ3n) is 3.22. The lowest BCUT2D eigenvalue weighted by molar-refractivity contribution is -0.130. The van der Waals surface area contributed by atoms with Gasteiger partial charge in [-0.1, -0.05) is 59.2 Å². The highest BCUT2D eigenvalue weighted by Gasteiger charge is 2.28. The van der Waals surface area contributed by atoms with Gasteiger partial charge < -0.3 is 10.3 Å². The summed E-state index contributed by atoms with van der Waals surface area (Å²) < 4.78 is 5.48. The minimum atomic E-state index is -0.683. The summed E-state index contributed by atoms with van der Waals surface area (Å²) in [4.78, 5) is 14.5. The second-order valence-corrected chi connectivity index (χ2v) is 7.35. The standard InChI is InChI=1S/C17H24N2O2/c1-11-8-12(16(2,3)4)15(21-14(20)10-19-18)13(9-11)17(5,6)7/h8-10H,1-7H3. The van der Waals surface area contributed by atoms with Crippen molar-refractivity contribution in [1.82, 2.24) is 0 Å². The van der Waals surface area contributed by atoms with Crippen molar-refractivity contribution in [3.63, 3.8) is 0 Å². The molecule has 4 nitrogen and oxygen atoms in total. The summed E-state index contributed by atoms with van der Waals surface area (Å²) in [6.45, 7) is 14.5. The Balaban J connectivity index is 3.61. The first-order valence-corrected chi connectivity index (χ1v) is 7.01. The van der Waals surface area contributed by atoms with E-state index >= 15 is 0 Å². The molecule has 0 unspecified atom stereocenters. The zero-order chi connectivity index (χ0) is 16.4. The zero-order valence-electron chi connectivity index (χ0n) is 13.9. The molecule has 1 rings (SSSR count). The van der Waals surface area contributed by atoms with Crippen LogP contribution < -0.4 is 4.74 Å². The molecule has 0 aromatic heterocycles. The lowest BCUT2D eigenvalue weighted by Gasteiger charge is -2.29. The van der Waals surface area contributed by atoms with E-state index < -0.39 is 5.97 Å². The van der Waals surface area contributed by atoms with Crippen LogP contribution in [-0.2, 0) is 15.6 Å². The Hall–Kier alpha value is -1.93. The van der Waals surface area contributed by atoms with E-state index in [1.165, 1.54) is 0 Å². The Bertz CT molecular complexity index is 563. The minimum absolute atomic E-state index is 0.169. The third kappa shape index (κ3) is 4.27. The molecular weight excluding hydrogens is 264 g/mol. The quantitative estimate of drug-likeness (QED) is 0.273. The molecule has 0 aliphatic rings. The monoisotopic (exact) mass is 288 g/mol. The van der Waals surface area contributed by atoms with Crippen LogP contribution in [0, 0.1) is 6.92 Å². The molecule has 0 saturated heterocycles. The molecule has 0 radical (unpaired) electrons. The molecule has 21 heavy (non-hydrogen) atoms. The molecule has 0 amide bonds. The smallest absolute Gasteiger partial charge is 0.418 e. The lowest BCUT2D eigenvalue weighted by atomic mass is 9.78. The molecule has 0 N–H and O–H groups in total. The van der Waals surface area contributed by atoms with Gasteiger partial charge in [-0.25, -0.2) is 4.79 Å². The minimum Gasteiger partial charge on any atom is -0.418 e. The zero-order valence-corrected chi connectivity index (χ0v) is 13.9. The summed E-state index contributed by atoms with van der Waals surface area (Å²) in [5.74, 6) is -0.122. The van der Waals surface area contributed by atoms with Crippen LogP contribution in [0.15, 0.2) is 12.1 Å². The number of esters is 1. The van der Waals surface area contributed by atoms with E-state index in [1.807, 2.05) is 19.1 Å². The van der Waals surface area contributed by atoms with E-state index in [4.69, 9.17) is 10.3 Å². The molecule has 0 aliphatic heterocycles. The SMILES string of the molecule is Cc1cc(C(C)(C)C)c(OC(=O)C=[N+]=[N-])c(C(C)(C)C)c1. The van der Waals surface area contributed by atoms with E-state index in [2.05, 4.69) is 46.3 Å². The number of hydrogen-bond acceptors (Lipinski definition) is 2. The molecule has 0 fully saturated rings. The van der Waals surface area contributed by atoms with Gasteiger partial charge in [-0.2, -0.15) is 4.79 Å². The van der Waals surface area contributed by atoms with Gasteiger partial charge in [0.25, 0.3) is 0 Å². The molecule has 114 valence electrons. The fourth-order valence-corrected chi connectivity index (χ4v) is 2.17. The van der Waals surface area contributed by atoms with Crippen LogP contribution in [0.3, 0.4) is 0 Å². The number of aryl methyl sites for hydroxylation is 1. The summed E-state index contributed by atoms with van der Waals surface area (Å²) in [5, 5.41) is 0. The summed E-state index contributed by atoms with van der Waals surface area (Å²) in [5.41, 5.74) is 11.2. The van der Waals surface area contributed by atoms with Gasteiger partial charge in [-0.05, 0) is 17.8 Å². The second kappa shape index (κ2) is 5.82. The molecule has 0 spiro atoms. The summed E-state index contributed by atoms with van der Waals surface area (Å²) >= 11 is 0. The van der Waals surface area contributed by atoms with Crippen LogP contribution in [0.2, 0.25) is 0 Å². The molecule has 0 aliphatic carbocycles. The molecule has 0 heterocycles. The molecule has 1 aromatic rings. The van der Waals surface area contributed by atoms with Crippen molar-refractivity contribution in [3.05, 3.63) is 34.4 Å². The first kappa shape index (κ1) is 17.1. The number of hydrogen-bond donors (Lipinski definition) is 0. The van der Waals surface area contributed by atoms with Crippen molar-refractivity contribution < 1.29 is 14.3 Å². The normalized spacial score (nSPS) is 11.8. The van der Waals surface area contributed by atoms with E-state index in [1.54, 1.807) is 0 Å². The second-order valence-electron chi connectivity index (χ2n) is 7.35. The summed E-state index contributed by atoms with van der Waals surface area (Å²) in [6, 6.07) is 4.07. The van der Waals surface area contributed by atoms with E-state index in [0.717, 1.165) is 22.9 Å². The predicted molar refractivity (Wildman–Crippen MR) is 83.9 cm³/mol. The Morgan fingerprint density at radius 3 is 1.86 bits per heavy atom. The summed E-state index contributed by atoms with van der Waals surface area (Å²) in [7, 11) is 0. The highest BCUT2D eigenvalue weighted by atomic mass is 16.5. The van der Waals surface area contributed by atoms with E-state index in [0.29, 0.717) is 5.75 Å². The first-order valence-electron chi connectivity index (χ1n) is 7.01. The van der Waals surface area contributed by atoms with Crippen molar-refractivity contribution in [1.29, 1.82) is 0 Å². The number of carbonyl (C=O) groups excluding carboxylic acids is 1. The lowest BCUT2D eigenvalue weighted by Crippen LogP contribution is -2.22. The van der Waals surface area contributed by atoms with Gasteiger partial charge in [0.2, 0.25) is 0 Å². The third-order valence-corrected chi connectivity index (χ3v) is 3.22. The molecule has 0 bridgehead atoms. The van der Waals surface area contributed by atoms with Crippen LogP contribution in [0.5, 0.6) is 5.75 Å². The highest BCUT2D eigenvalue weighted by molar-refractivity contribution is 6.21. The van der Waals surface area contributed by atoms with Crippen molar-refractivity contribution in [2.75, 3.05) is 0 Å². The van der Waals surface area contributed by atoms with Crippen LogP contribution in [0.1, 0.15) is 58.2 Å². The van der Waals surface area contributed by atoms with Crippen LogP contribution in [0.4, 0.5) is 0 Å². The maximum atomic E-state index is 11.7. The van der Waals surface area contributed by atoms with Crippen molar-refractivity contribution in [3.8, 4) is 5.75 Å². The van der Waals surface area contributed by atoms with E-state index in [-0.39, 0.29) is 10.8 Å². The predicted octanol–water partition coefficient (Wildman–Crippen LogP) is 3.80. The molecule has 4 heteroatoms. The van der Waals surface area contributed by atoms with Crippen molar-refractivity contribution >= 4 is 12.2 Å². The number of benzene rings is 1. The van der Waals surface area contributed by atoms with Crippen LogP contribution in [-0.4, -0.2) is 17.0 Å². The Morgan fingerprint density at radius 2 is 1.52 bits per heavy atom. The van der Waals surface area contributed by atoms with Gasteiger partial charge in [0, 0.05) is 11.1 Å². The van der Waals surface area contributed by atoms with Gasteiger partial charge in [0.05, 0.1) is 0 Å². The van der Waals surface area contributed by atoms with Gasteiger partial charge >= 0.3 is 12.2 Å². The van der Waals surface area contributed by atoms with Gasteiger partial charge in [-0.3, -0.25) is 0 Å². The molecular formula is C17H24N2O2. The number of ether oxygens (including phenoxy) is 1. The van der Waals surface area contributed by atoms with E-state index in [9.17, 15) is 4.79 Å². The molecule has 1 aromatic carbocycles. The van der Waals surface area contributed by atoms with Crippen LogP contribution >= 0.6 is 0 Å². The topological polar surface area (TPSA) is 62.7 Å². The average Bonchev–Trinajstić information content (AvgIpc) is 2.28.